The zero-order valence-electron chi connectivity index (χ0n) is 9.93. The summed E-state index contributed by atoms with van der Waals surface area (Å²) in [5.74, 6) is 0. The van der Waals surface area contributed by atoms with Crippen LogP contribution in [0.5, 0.6) is 0 Å². The van der Waals surface area contributed by atoms with E-state index in [2.05, 4.69) is 10.4 Å². The van der Waals surface area contributed by atoms with E-state index in [0.717, 1.165) is 17.5 Å². The average molecular weight is 274 g/mol. The van der Waals surface area contributed by atoms with Crippen molar-refractivity contribution in [2.45, 2.75) is 25.4 Å². The molecule has 1 aliphatic rings. The lowest BCUT2D eigenvalue weighted by molar-refractivity contribution is 0.0904. The number of hydrogen-bond acceptors (Lipinski definition) is 5. The molecule has 1 saturated heterocycles. The third kappa shape index (κ3) is 3.01. The largest absolute Gasteiger partial charge is 0.394 e. The van der Waals surface area contributed by atoms with Crippen molar-refractivity contribution in [1.82, 2.24) is 9.78 Å². The molecule has 0 saturated carbocycles. The molecule has 0 atom stereocenters. The van der Waals surface area contributed by atoms with Crippen molar-refractivity contribution < 1.29 is 9.84 Å². The van der Waals surface area contributed by atoms with Gasteiger partial charge in [-0.3, -0.25) is 4.79 Å². The van der Waals surface area contributed by atoms with E-state index in [1.54, 1.807) is 0 Å². The van der Waals surface area contributed by atoms with Gasteiger partial charge in [0.1, 0.15) is 5.02 Å². The van der Waals surface area contributed by atoms with Gasteiger partial charge < -0.3 is 15.2 Å². The van der Waals surface area contributed by atoms with Gasteiger partial charge in [-0.1, -0.05) is 11.6 Å². The van der Waals surface area contributed by atoms with Gasteiger partial charge in [-0.2, -0.15) is 5.10 Å². The Kier molecular flexibility index (Phi) is 4.57. The van der Waals surface area contributed by atoms with Gasteiger partial charge >= 0.3 is 0 Å². The maximum atomic E-state index is 11.8. The number of aliphatic hydroxyl groups is 1. The summed E-state index contributed by atoms with van der Waals surface area (Å²) < 4.78 is 6.41. The second-order valence-corrected chi connectivity index (χ2v) is 4.53. The smallest absolute Gasteiger partial charge is 0.287 e. The first-order valence-corrected chi connectivity index (χ1v) is 6.31. The highest BCUT2D eigenvalue weighted by atomic mass is 35.5. The number of rotatable bonds is 4. The highest BCUT2D eigenvalue weighted by Crippen LogP contribution is 2.19. The molecule has 0 unspecified atom stereocenters. The highest BCUT2D eigenvalue weighted by Gasteiger charge is 2.16. The first-order chi connectivity index (χ1) is 8.72. The summed E-state index contributed by atoms with van der Waals surface area (Å²) in [6, 6.07) is 0.256. The van der Waals surface area contributed by atoms with E-state index in [1.165, 1.54) is 6.20 Å². The van der Waals surface area contributed by atoms with Crippen LogP contribution < -0.4 is 10.9 Å². The molecule has 0 radical (unpaired) electrons. The lowest BCUT2D eigenvalue weighted by Gasteiger charge is -2.24. The van der Waals surface area contributed by atoms with Crippen LogP contribution in [0.1, 0.15) is 12.8 Å². The van der Waals surface area contributed by atoms with E-state index in [9.17, 15) is 4.79 Å². The van der Waals surface area contributed by atoms with Crippen LogP contribution in [-0.4, -0.2) is 40.7 Å². The van der Waals surface area contributed by atoms with Crippen LogP contribution in [0.4, 0.5) is 5.69 Å². The Balaban J connectivity index is 2.13. The van der Waals surface area contributed by atoms with Crippen molar-refractivity contribution >= 4 is 17.3 Å². The monoisotopic (exact) mass is 273 g/mol. The van der Waals surface area contributed by atoms with Crippen LogP contribution in [0.2, 0.25) is 5.02 Å². The third-order valence-electron chi connectivity index (χ3n) is 2.88. The van der Waals surface area contributed by atoms with Gasteiger partial charge in [-0.25, -0.2) is 4.68 Å². The molecule has 1 aliphatic heterocycles. The lowest BCUT2D eigenvalue weighted by atomic mass is 10.1. The Morgan fingerprint density at radius 1 is 1.56 bits per heavy atom. The lowest BCUT2D eigenvalue weighted by Crippen LogP contribution is -2.30. The average Bonchev–Trinajstić information content (AvgIpc) is 2.40. The summed E-state index contributed by atoms with van der Waals surface area (Å²) in [7, 11) is 0. The quantitative estimate of drug-likeness (QED) is 0.834. The maximum absolute atomic E-state index is 11.8. The van der Waals surface area contributed by atoms with Crippen LogP contribution in [0.25, 0.3) is 0 Å². The summed E-state index contributed by atoms with van der Waals surface area (Å²) in [6.45, 7) is 1.43. The minimum absolute atomic E-state index is 0.116. The summed E-state index contributed by atoms with van der Waals surface area (Å²) in [4.78, 5) is 11.8. The van der Waals surface area contributed by atoms with Crippen LogP contribution in [0.15, 0.2) is 11.0 Å². The maximum Gasteiger partial charge on any atom is 0.287 e. The molecule has 18 heavy (non-hydrogen) atoms. The predicted molar refractivity (Wildman–Crippen MR) is 68.1 cm³/mol. The third-order valence-corrected chi connectivity index (χ3v) is 3.24. The fraction of sp³-hybridized carbons (Fsp3) is 0.636. The topological polar surface area (TPSA) is 76.4 Å². The Morgan fingerprint density at radius 2 is 2.28 bits per heavy atom. The van der Waals surface area contributed by atoms with Gasteiger partial charge in [0, 0.05) is 19.3 Å². The zero-order valence-corrected chi connectivity index (χ0v) is 10.7. The number of nitrogens with zero attached hydrogens (tertiary/aromatic N) is 2. The predicted octanol–water partition coefficient (Wildman–Crippen LogP) is 0.480. The first-order valence-electron chi connectivity index (χ1n) is 5.93. The standard InChI is InChI=1S/C11H16ClN3O3/c12-10-9(14-8-1-5-18-6-2-8)7-13-15(3-4-16)11(10)17/h7-8,14,16H,1-6H2. The summed E-state index contributed by atoms with van der Waals surface area (Å²) in [5.41, 5.74) is 0.158. The molecule has 0 aromatic carbocycles. The van der Waals surface area contributed by atoms with Crippen LogP contribution in [0, 0.1) is 0 Å². The fourth-order valence-electron chi connectivity index (χ4n) is 1.88. The number of ether oxygens (including phenoxy) is 1. The van der Waals surface area contributed by atoms with E-state index in [-0.39, 0.29) is 29.8 Å². The minimum atomic E-state index is -0.386. The summed E-state index contributed by atoms with van der Waals surface area (Å²) in [6.07, 6.45) is 3.29. The number of aromatic nitrogens is 2. The molecule has 6 nitrogen and oxygen atoms in total. The van der Waals surface area contributed by atoms with E-state index in [0.29, 0.717) is 18.9 Å². The van der Waals surface area contributed by atoms with E-state index in [1.807, 2.05) is 0 Å². The number of hydrogen-bond donors (Lipinski definition) is 2. The highest BCUT2D eigenvalue weighted by molar-refractivity contribution is 6.32. The molecule has 100 valence electrons. The molecular weight excluding hydrogens is 258 g/mol. The first kappa shape index (κ1) is 13.3. The van der Waals surface area contributed by atoms with E-state index in [4.69, 9.17) is 21.4 Å². The fourth-order valence-corrected chi connectivity index (χ4v) is 2.08. The van der Waals surface area contributed by atoms with Crippen molar-refractivity contribution in [2.24, 2.45) is 0 Å². The molecule has 0 amide bonds. The second kappa shape index (κ2) is 6.17. The molecule has 0 bridgehead atoms. The van der Waals surface area contributed by atoms with Crippen molar-refractivity contribution in [1.29, 1.82) is 0 Å². The molecule has 7 heteroatoms. The van der Waals surface area contributed by atoms with Crippen molar-refractivity contribution in [2.75, 3.05) is 25.1 Å². The number of aliphatic hydroxyl groups excluding tert-OH is 1. The van der Waals surface area contributed by atoms with Crippen LogP contribution in [-0.2, 0) is 11.3 Å². The minimum Gasteiger partial charge on any atom is -0.394 e. The second-order valence-electron chi connectivity index (χ2n) is 4.16. The van der Waals surface area contributed by atoms with Gasteiger partial charge in [-0.05, 0) is 12.8 Å². The Morgan fingerprint density at radius 3 is 2.94 bits per heavy atom. The molecule has 1 aromatic rings. The zero-order chi connectivity index (χ0) is 13.0. The molecular formula is C11H16ClN3O3. The van der Waals surface area contributed by atoms with Crippen LogP contribution in [0.3, 0.4) is 0 Å². The van der Waals surface area contributed by atoms with Gasteiger partial charge in [0.15, 0.2) is 0 Å². The van der Waals surface area contributed by atoms with Gasteiger partial charge in [0.05, 0.1) is 25.0 Å². The molecule has 0 spiro atoms. The Labute approximate surface area is 110 Å². The van der Waals surface area contributed by atoms with Crippen molar-refractivity contribution in [3.63, 3.8) is 0 Å². The van der Waals surface area contributed by atoms with Gasteiger partial charge in [-0.15, -0.1) is 0 Å². The Hall–Kier alpha value is -1.11. The summed E-state index contributed by atoms with van der Waals surface area (Å²) in [5, 5.41) is 16.1. The van der Waals surface area contributed by atoms with E-state index >= 15 is 0 Å². The molecule has 2 rings (SSSR count). The molecule has 2 N–H and O–H groups in total. The number of halogens is 1. The SMILES string of the molecule is O=c1c(Cl)c(NC2CCOCC2)cnn1CCO. The molecule has 1 aromatic heterocycles. The Bertz CT molecular complexity index is 457. The molecule has 1 fully saturated rings. The summed E-state index contributed by atoms with van der Waals surface area (Å²) >= 11 is 6.00. The number of nitrogens with one attached hydrogen (secondary N) is 1. The van der Waals surface area contributed by atoms with Crippen molar-refractivity contribution in [3.05, 3.63) is 21.6 Å². The van der Waals surface area contributed by atoms with Gasteiger partial charge in [0.25, 0.3) is 5.56 Å². The van der Waals surface area contributed by atoms with Crippen LogP contribution >= 0.6 is 11.6 Å². The number of anilines is 1. The van der Waals surface area contributed by atoms with Gasteiger partial charge in [0.2, 0.25) is 0 Å². The normalized spacial score (nSPS) is 16.8. The van der Waals surface area contributed by atoms with Crippen molar-refractivity contribution in [3.8, 4) is 0 Å². The molecule has 0 aliphatic carbocycles. The van der Waals surface area contributed by atoms with E-state index < -0.39 is 0 Å². The molecule has 2 heterocycles.